The number of rotatable bonds is 2. The van der Waals surface area contributed by atoms with E-state index in [1.807, 2.05) is 24.3 Å². The van der Waals surface area contributed by atoms with E-state index >= 15 is 0 Å². The van der Waals surface area contributed by atoms with E-state index in [1.165, 1.54) is 0 Å². The van der Waals surface area contributed by atoms with Gasteiger partial charge < -0.3 is 24.3 Å². The fourth-order valence-corrected chi connectivity index (χ4v) is 5.25. The quantitative estimate of drug-likeness (QED) is 0.867. The SMILES string of the molecule is O=C1[C@H]2CCC[C@@H]1[C@@H](c1ccc3c(c1)OCO3)[NH2+][C@H]2c1ccc2c(c1)OCO2. The van der Waals surface area contributed by atoms with E-state index in [0.29, 0.717) is 5.78 Å². The molecule has 1 aliphatic carbocycles. The molecular weight excluding hydrogens is 358 g/mol. The molecule has 0 spiro atoms. The fourth-order valence-electron chi connectivity index (χ4n) is 5.25. The van der Waals surface area contributed by atoms with E-state index in [4.69, 9.17) is 18.9 Å². The summed E-state index contributed by atoms with van der Waals surface area (Å²) in [6.45, 7) is 0.523. The molecule has 2 N–H and O–H groups in total. The van der Waals surface area contributed by atoms with E-state index in [1.54, 1.807) is 0 Å². The molecule has 6 heteroatoms. The zero-order chi connectivity index (χ0) is 18.7. The molecule has 2 aromatic rings. The van der Waals surface area contributed by atoms with Gasteiger partial charge in [0, 0.05) is 11.1 Å². The van der Waals surface area contributed by atoms with Gasteiger partial charge in [-0.3, -0.25) is 4.79 Å². The third-order valence-electron chi connectivity index (χ3n) is 6.61. The summed E-state index contributed by atoms with van der Waals surface area (Å²) in [4.78, 5) is 13.3. The predicted molar refractivity (Wildman–Crippen MR) is 98.4 cm³/mol. The van der Waals surface area contributed by atoms with Crippen molar-refractivity contribution in [1.82, 2.24) is 0 Å². The standard InChI is InChI=1S/C22H21NO5/c24-22-14-2-1-3-15(22)21(13-5-7-17-19(9-13)28-11-26-17)23-20(14)12-4-6-16-18(8-12)27-10-25-16/h4-9,14-15,20-21,23H,1-3,10-11H2/p+1/t14-,15+,20-,21+. The zero-order valence-corrected chi connectivity index (χ0v) is 15.4. The first-order valence-electron chi connectivity index (χ1n) is 9.96. The van der Waals surface area contributed by atoms with Gasteiger partial charge in [-0.1, -0.05) is 6.42 Å². The van der Waals surface area contributed by atoms with Gasteiger partial charge in [-0.05, 0) is 49.2 Å². The number of hydrogen-bond donors (Lipinski definition) is 1. The topological polar surface area (TPSA) is 70.6 Å². The number of benzene rings is 2. The molecule has 0 aromatic heterocycles. The van der Waals surface area contributed by atoms with Crippen molar-refractivity contribution in [2.24, 2.45) is 11.8 Å². The molecule has 4 aliphatic rings. The molecule has 0 radical (unpaired) electrons. The molecule has 4 atom stereocenters. The van der Waals surface area contributed by atoms with Crippen molar-refractivity contribution in [3.63, 3.8) is 0 Å². The van der Waals surface area contributed by atoms with Gasteiger partial charge >= 0.3 is 0 Å². The summed E-state index contributed by atoms with van der Waals surface area (Å²) in [6.07, 6.45) is 3.01. The number of nitrogens with two attached hydrogens (primary N) is 1. The number of fused-ring (bicyclic) bond motifs is 4. The summed E-state index contributed by atoms with van der Waals surface area (Å²) in [6, 6.07) is 12.3. The highest BCUT2D eigenvalue weighted by molar-refractivity contribution is 5.86. The number of ketones is 1. The summed E-state index contributed by atoms with van der Waals surface area (Å²) in [5.74, 6) is 3.62. The molecule has 2 bridgehead atoms. The van der Waals surface area contributed by atoms with Crippen molar-refractivity contribution in [2.75, 3.05) is 13.6 Å². The van der Waals surface area contributed by atoms with Gasteiger partial charge in [-0.25, -0.2) is 0 Å². The summed E-state index contributed by atoms with van der Waals surface area (Å²) in [5, 5.41) is 2.38. The first kappa shape index (κ1) is 16.2. The average molecular weight is 380 g/mol. The van der Waals surface area contributed by atoms with E-state index in [-0.39, 0.29) is 37.5 Å². The van der Waals surface area contributed by atoms with Crippen LogP contribution in [0.3, 0.4) is 0 Å². The highest BCUT2D eigenvalue weighted by Gasteiger charge is 2.50. The number of quaternary nitrogens is 1. The molecule has 3 heterocycles. The Hall–Kier alpha value is -2.73. The zero-order valence-electron chi connectivity index (χ0n) is 15.4. The highest BCUT2D eigenvalue weighted by Crippen LogP contribution is 2.44. The Balaban J connectivity index is 1.38. The molecule has 1 saturated carbocycles. The number of carbonyl (C=O) groups excluding carboxylic acids is 1. The van der Waals surface area contributed by atoms with Crippen LogP contribution in [0.4, 0.5) is 0 Å². The molecule has 3 aliphatic heterocycles. The third kappa shape index (κ3) is 2.41. The van der Waals surface area contributed by atoms with Crippen molar-refractivity contribution in [3.8, 4) is 23.0 Å². The maximum atomic E-state index is 13.3. The molecule has 1 saturated heterocycles. The lowest BCUT2D eigenvalue weighted by Gasteiger charge is -2.42. The second-order valence-electron chi connectivity index (χ2n) is 8.02. The van der Waals surface area contributed by atoms with Crippen molar-refractivity contribution in [2.45, 2.75) is 31.3 Å². The van der Waals surface area contributed by atoms with Crippen molar-refractivity contribution >= 4 is 5.78 Å². The molecule has 144 valence electrons. The van der Waals surface area contributed by atoms with Gasteiger partial charge in [0.15, 0.2) is 28.8 Å². The minimum Gasteiger partial charge on any atom is -0.454 e. The predicted octanol–water partition coefficient (Wildman–Crippen LogP) is 2.49. The lowest BCUT2D eigenvalue weighted by molar-refractivity contribution is -0.750. The minimum atomic E-state index is 0.0596. The molecule has 0 amide bonds. The molecule has 2 fully saturated rings. The molecular formula is C22H22NO5+. The maximum Gasteiger partial charge on any atom is 0.231 e. The minimum absolute atomic E-state index is 0.0596. The largest absolute Gasteiger partial charge is 0.454 e. The summed E-state index contributed by atoms with van der Waals surface area (Å²) >= 11 is 0. The summed E-state index contributed by atoms with van der Waals surface area (Å²) in [5.41, 5.74) is 2.27. The van der Waals surface area contributed by atoms with Gasteiger partial charge in [-0.15, -0.1) is 0 Å². The lowest BCUT2D eigenvalue weighted by atomic mass is 9.67. The molecule has 28 heavy (non-hydrogen) atoms. The van der Waals surface area contributed by atoms with E-state index < -0.39 is 0 Å². The summed E-state index contributed by atoms with van der Waals surface area (Å²) in [7, 11) is 0. The van der Waals surface area contributed by atoms with Crippen molar-refractivity contribution in [3.05, 3.63) is 47.5 Å². The normalized spacial score (nSPS) is 29.8. The van der Waals surface area contributed by atoms with Gasteiger partial charge in [0.2, 0.25) is 13.6 Å². The average Bonchev–Trinajstić information content (AvgIpc) is 3.36. The van der Waals surface area contributed by atoms with Crippen LogP contribution in [0, 0.1) is 11.8 Å². The van der Waals surface area contributed by atoms with Crippen LogP contribution in [0.5, 0.6) is 23.0 Å². The van der Waals surface area contributed by atoms with Gasteiger partial charge in [-0.2, -0.15) is 0 Å². The second kappa shape index (κ2) is 6.14. The Morgan fingerprint density at radius 1 is 0.714 bits per heavy atom. The number of carbonyl (C=O) groups is 1. The van der Waals surface area contributed by atoms with Crippen molar-refractivity contribution in [1.29, 1.82) is 0 Å². The van der Waals surface area contributed by atoms with E-state index in [9.17, 15) is 4.79 Å². The monoisotopic (exact) mass is 380 g/mol. The van der Waals surface area contributed by atoms with Crippen LogP contribution in [-0.4, -0.2) is 19.4 Å². The highest BCUT2D eigenvalue weighted by atomic mass is 16.7. The molecule has 2 aromatic carbocycles. The van der Waals surface area contributed by atoms with Gasteiger partial charge in [0.1, 0.15) is 12.1 Å². The Morgan fingerprint density at radius 2 is 1.21 bits per heavy atom. The Kier molecular flexibility index (Phi) is 3.56. The lowest BCUT2D eigenvalue weighted by Crippen LogP contribution is -2.92. The van der Waals surface area contributed by atoms with Crippen LogP contribution in [0.25, 0.3) is 0 Å². The van der Waals surface area contributed by atoms with Gasteiger partial charge in [0.25, 0.3) is 0 Å². The van der Waals surface area contributed by atoms with E-state index in [0.717, 1.165) is 53.4 Å². The Bertz CT molecular complexity index is 884. The van der Waals surface area contributed by atoms with Crippen LogP contribution in [0.2, 0.25) is 0 Å². The number of piperidine rings is 1. The smallest absolute Gasteiger partial charge is 0.231 e. The first-order chi connectivity index (χ1) is 13.8. The van der Waals surface area contributed by atoms with Crippen LogP contribution >= 0.6 is 0 Å². The van der Waals surface area contributed by atoms with E-state index in [2.05, 4.69) is 17.4 Å². The summed E-state index contributed by atoms with van der Waals surface area (Å²) < 4.78 is 22.0. The molecule has 6 rings (SSSR count). The van der Waals surface area contributed by atoms with Crippen LogP contribution in [0.1, 0.15) is 42.5 Å². The van der Waals surface area contributed by atoms with Gasteiger partial charge in [0.05, 0.1) is 11.8 Å². The Morgan fingerprint density at radius 3 is 1.75 bits per heavy atom. The van der Waals surface area contributed by atoms with Crippen LogP contribution in [-0.2, 0) is 4.79 Å². The maximum absolute atomic E-state index is 13.3. The number of hydrogen-bond acceptors (Lipinski definition) is 5. The van der Waals surface area contributed by atoms with Crippen LogP contribution < -0.4 is 24.3 Å². The second-order valence-corrected chi connectivity index (χ2v) is 8.02. The number of ether oxygens (including phenoxy) is 4. The first-order valence-corrected chi connectivity index (χ1v) is 9.96. The Labute approximate surface area is 162 Å². The van der Waals surface area contributed by atoms with Crippen LogP contribution in [0.15, 0.2) is 36.4 Å². The third-order valence-corrected chi connectivity index (χ3v) is 6.61. The number of Topliss-reactive ketones (excluding diaryl/α,β-unsaturated/α-hetero) is 1. The fraction of sp³-hybridized carbons (Fsp3) is 0.409. The van der Waals surface area contributed by atoms with Crippen molar-refractivity contribution < 1.29 is 29.1 Å². The molecule has 0 unspecified atom stereocenters. The molecule has 6 nitrogen and oxygen atoms in total.